The summed E-state index contributed by atoms with van der Waals surface area (Å²) in [5, 5.41) is 0. The zero-order chi connectivity index (χ0) is 15.1. The predicted molar refractivity (Wildman–Crippen MR) is 76.8 cm³/mol. The smallest absolute Gasteiger partial charge is 0.320 e. The molecule has 118 valence electrons. The summed E-state index contributed by atoms with van der Waals surface area (Å²) in [6.45, 7) is 10.2. The van der Waals surface area contributed by atoms with E-state index < -0.39 is 0 Å². The van der Waals surface area contributed by atoms with Crippen molar-refractivity contribution in [1.82, 2.24) is 4.90 Å². The van der Waals surface area contributed by atoms with Gasteiger partial charge in [0.05, 0.1) is 46.2 Å². The number of hydrogen-bond donors (Lipinski definition) is 0. The maximum atomic E-state index is 11.4. The lowest BCUT2D eigenvalue weighted by Gasteiger charge is -2.19. The van der Waals surface area contributed by atoms with Crippen LogP contribution in [0.5, 0.6) is 0 Å². The molecule has 0 saturated carbocycles. The fourth-order valence-electron chi connectivity index (χ4n) is 1.46. The summed E-state index contributed by atoms with van der Waals surface area (Å²) in [5.41, 5.74) is 0. The van der Waals surface area contributed by atoms with Gasteiger partial charge in [0.25, 0.3) is 0 Å². The Bertz CT molecular complexity index is 248. The minimum absolute atomic E-state index is 0.225. The van der Waals surface area contributed by atoms with E-state index >= 15 is 0 Å². The highest BCUT2D eigenvalue weighted by molar-refractivity contribution is 5.71. The summed E-state index contributed by atoms with van der Waals surface area (Å²) in [7, 11) is 1.64. The fourth-order valence-corrected chi connectivity index (χ4v) is 1.46. The second-order valence-corrected chi connectivity index (χ2v) is 4.05. The Balaban J connectivity index is 3.59. The molecule has 20 heavy (non-hydrogen) atoms. The number of carbonyl (C=O) groups is 1. The Labute approximate surface area is 121 Å². The molecule has 0 aromatic heterocycles. The SMILES string of the molecule is C=CCN(CCOCCOCCOC)CC(=O)OCC. The van der Waals surface area contributed by atoms with E-state index in [1.165, 1.54) is 0 Å². The molecule has 0 aromatic rings. The van der Waals surface area contributed by atoms with Crippen LogP contribution in [0.15, 0.2) is 12.7 Å². The van der Waals surface area contributed by atoms with E-state index in [1.807, 2.05) is 4.90 Å². The molecular weight excluding hydrogens is 262 g/mol. The van der Waals surface area contributed by atoms with E-state index in [4.69, 9.17) is 18.9 Å². The van der Waals surface area contributed by atoms with E-state index in [1.54, 1.807) is 20.1 Å². The lowest BCUT2D eigenvalue weighted by atomic mass is 10.4. The minimum atomic E-state index is -0.225. The Kier molecular flexibility index (Phi) is 13.8. The van der Waals surface area contributed by atoms with Crippen LogP contribution in [0.2, 0.25) is 0 Å². The van der Waals surface area contributed by atoms with E-state index in [-0.39, 0.29) is 12.5 Å². The van der Waals surface area contributed by atoms with Gasteiger partial charge in [0.15, 0.2) is 0 Å². The molecule has 0 aromatic carbocycles. The first-order valence-electron chi connectivity index (χ1n) is 6.87. The second-order valence-electron chi connectivity index (χ2n) is 4.05. The van der Waals surface area contributed by atoms with Crippen LogP contribution < -0.4 is 0 Å². The van der Waals surface area contributed by atoms with Crippen molar-refractivity contribution < 1.29 is 23.7 Å². The van der Waals surface area contributed by atoms with Gasteiger partial charge in [-0.15, -0.1) is 6.58 Å². The van der Waals surface area contributed by atoms with Crippen molar-refractivity contribution in [1.29, 1.82) is 0 Å². The number of hydrogen-bond acceptors (Lipinski definition) is 6. The van der Waals surface area contributed by atoms with Crippen LogP contribution in [0.4, 0.5) is 0 Å². The van der Waals surface area contributed by atoms with Crippen LogP contribution in [0.3, 0.4) is 0 Å². The molecule has 0 radical (unpaired) electrons. The highest BCUT2D eigenvalue weighted by Gasteiger charge is 2.09. The summed E-state index contributed by atoms with van der Waals surface area (Å²) < 4.78 is 20.5. The van der Waals surface area contributed by atoms with Crippen molar-refractivity contribution in [3.8, 4) is 0 Å². The number of nitrogens with zero attached hydrogens (tertiary/aromatic N) is 1. The summed E-state index contributed by atoms with van der Waals surface area (Å²) in [4.78, 5) is 13.3. The van der Waals surface area contributed by atoms with Crippen LogP contribution in [-0.2, 0) is 23.7 Å². The van der Waals surface area contributed by atoms with Gasteiger partial charge in [-0.25, -0.2) is 0 Å². The number of esters is 1. The van der Waals surface area contributed by atoms with Gasteiger partial charge >= 0.3 is 5.97 Å². The second kappa shape index (κ2) is 14.5. The van der Waals surface area contributed by atoms with Gasteiger partial charge < -0.3 is 18.9 Å². The molecule has 0 unspecified atom stereocenters. The van der Waals surface area contributed by atoms with Crippen LogP contribution in [0.25, 0.3) is 0 Å². The van der Waals surface area contributed by atoms with Crippen molar-refractivity contribution >= 4 is 5.97 Å². The zero-order valence-electron chi connectivity index (χ0n) is 12.6. The van der Waals surface area contributed by atoms with Gasteiger partial charge in [-0.3, -0.25) is 9.69 Å². The monoisotopic (exact) mass is 289 g/mol. The van der Waals surface area contributed by atoms with Crippen LogP contribution >= 0.6 is 0 Å². The maximum Gasteiger partial charge on any atom is 0.320 e. The topological polar surface area (TPSA) is 57.2 Å². The van der Waals surface area contributed by atoms with Gasteiger partial charge in [-0.1, -0.05) is 6.08 Å². The summed E-state index contributed by atoms with van der Waals surface area (Å²) in [6.07, 6.45) is 1.76. The van der Waals surface area contributed by atoms with Gasteiger partial charge in [0.1, 0.15) is 0 Å². The van der Waals surface area contributed by atoms with E-state index in [0.29, 0.717) is 52.7 Å². The first kappa shape index (κ1) is 19.1. The molecule has 0 fully saturated rings. The van der Waals surface area contributed by atoms with Crippen molar-refractivity contribution in [2.24, 2.45) is 0 Å². The molecule has 0 spiro atoms. The van der Waals surface area contributed by atoms with Crippen LogP contribution in [0, 0.1) is 0 Å². The molecule has 0 heterocycles. The molecular formula is C14H27NO5. The van der Waals surface area contributed by atoms with Gasteiger partial charge in [0.2, 0.25) is 0 Å². The summed E-state index contributed by atoms with van der Waals surface area (Å²) >= 11 is 0. The quantitative estimate of drug-likeness (QED) is 0.267. The normalized spacial score (nSPS) is 10.8. The Morgan fingerprint density at radius 2 is 1.80 bits per heavy atom. The number of ether oxygens (including phenoxy) is 4. The van der Waals surface area contributed by atoms with Gasteiger partial charge in [-0.2, -0.15) is 0 Å². The molecule has 0 aliphatic carbocycles. The number of carbonyl (C=O) groups excluding carboxylic acids is 1. The first-order valence-corrected chi connectivity index (χ1v) is 6.87. The van der Waals surface area contributed by atoms with Crippen molar-refractivity contribution in [2.45, 2.75) is 6.92 Å². The third-order valence-corrected chi connectivity index (χ3v) is 2.40. The Morgan fingerprint density at radius 1 is 1.15 bits per heavy atom. The average molecular weight is 289 g/mol. The average Bonchev–Trinajstić information content (AvgIpc) is 2.42. The fraction of sp³-hybridized carbons (Fsp3) is 0.786. The summed E-state index contributed by atoms with van der Waals surface area (Å²) in [6, 6.07) is 0. The Morgan fingerprint density at radius 3 is 2.40 bits per heavy atom. The van der Waals surface area contributed by atoms with Crippen molar-refractivity contribution in [3.63, 3.8) is 0 Å². The lowest BCUT2D eigenvalue weighted by molar-refractivity contribution is -0.144. The molecule has 0 rings (SSSR count). The zero-order valence-corrected chi connectivity index (χ0v) is 12.6. The molecule has 0 atom stereocenters. The third-order valence-electron chi connectivity index (χ3n) is 2.40. The summed E-state index contributed by atoms with van der Waals surface area (Å²) in [5.74, 6) is -0.225. The first-order chi connectivity index (χ1) is 9.74. The molecule has 0 bridgehead atoms. The lowest BCUT2D eigenvalue weighted by Crippen LogP contribution is -2.34. The van der Waals surface area contributed by atoms with E-state index in [0.717, 1.165) is 0 Å². The number of methoxy groups -OCH3 is 1. The van der Waals surface area contributed by atoms with Crippen LogP contribution in [-0.4, -0.2) is 77.3 Å². The predicted octanol–water partition coefficient (Wildman–Crippen LogP) is 0.717. The third kappa shape index (κ3) is 12.1. The molecule has 0 N–H and O–H groups in total. The van der Waals surface area contributed by atoms with E-state index in [2.05, 4.69) is 6.58 Å². The highest BCUT2D eigenvalue weighted by atomic mass is 16.5. The maximum absolute atomic E-state index is 11.4. The van der Waals surface area contributed by atoms with Crippen molar-refractivity contribution in [2.75, 3.05) is 66.4 Å². The molecule has 0 aliphatic heterocycles. The molecule has 0 amide bonds. The highest BCUT2D eigenvalue weighted by Crippen LogP contribution is 1.92. The van der Waals surface area contributed by atoms with Crippen LogP contribution in [0.1, 0.15) is 6.92 Å². The van der Waals surface area contributed by atoms with Crippen molar-refractivity contribution in [3.05, 3.63) is 12.7 Å². The van der Waals surface area contributed by atoms with Gasteiger partial charge in [0, 0.05) is 20.2 Å². The minimum Gasteiger partial charge on any atom is -0.465 e. The molecule has 0 saturated heterocycles. The largest absolute Gasteiger partial charge is 0.465 e. The standard InChI is InChI=1S/C14H27NO5/c1-4-6-15(13-14(16)20-5-2)7-8-18-11-12-19-10-9-17-3/h4H,1,5-13H2,2-3H3. The number of rotatable bonds is 14. The van der Waals surface area contributed by atoms with E-state index in [9.17, 15) is 4.79 Å². The molecule has 0 aliphatic rings. The molecule has 6 heteroatoms. The van der Waals surface area contributed by atoms with Gasteiger partial charge in [-0.05, 0) is 6.92 Å². The molecule has 6 nitrogen and oxygen atoms in total. The Hall–Kier alpha value is -0.950.